The van der Waals surface area contributed by atoms with Gasteiger partial charge in [0.1, 0.15) is 11.7 Å². The molecule has 3 rings (SSSR count). The Bertz CT molecular complexity index is 974. The number of aromatic nitrogens is 3. The topological polar surface area (TPSA) is 94.1 Å². The third-order valence-electron chi connectivity index (χ3n) is 4.35. The van der Waals surface area contributed by atoms with Gasteiger partial charge >= 0.3 is 0 Å². The zero-order chi connectivity index (χ0) is 19.9. The smallest absolute Gasteiger partial charge is 0.234 e. The molecule has 0 unspecified atom stereocenters. The van der Waals surface area contributed by atoms with Crippen LogP contribution in [0.25, 0.3) is 0 Å². The van der Waals surface area contributed by atoms with Crippen molar-refractivity contribution in [2.24, 2.45) is 10.7 Å². The number of hydrogen-bond acceptors (Lipinski definition) is 4. The Morgan fingerprint density at radius 2 is 1.93 bits per heavy atom. The van der Waals surface area contributed by atoms with Crippen LogP contribution in [0, 0.1) is 5.82 Å². The molecule has 0 radical (unpaired) electrons. The molecule has 0 spiro atoms. The summed E-state index contributed by atoms with van der Waals surface area (Å²) in [5, 5.41) is 0. The molecule has 0 aliphatic heterocycles. The van der Waals surface area contributed by atoms with E-state index in [9.17, 15) is 9.18 Å². The molecule has 1 amide bonds. The van der Waals surface area contributed by atoms with Gasteiger partial charge in [0.25, 0.3) is 0 Å². The Kier molecular flexibility index (Phi) is 6.16. The summed E-state index contributed by atoms with van der Waals surface area (Å²) in [5.41, 5.74) is 9.89. The molecule has 2 heterocycles. The van der Waals surface area contributed by atoms with Gasteiger partial charge in [-0.3, -0.25) is 19.7 Å². The van der Waals surface area contributed by atoms with E-state index in [1.54, 1.807) is 36.8 Å². The molecule has 1 aromatic carbocycles. The van der Waals surface area contributed by atoms with Crippen LogP contribution in [-0.2, 0) is 17.6 Å². The number of carbonyl (C=O) groups is 1. The molecule has 0 aliphatic rings. The number of carbonyl (C=O) groups excluding carboxylic acids is 1. The molecule has 2 aromatic heterocycles. The lowest BCUT2D eigenvalue weighted by molar-refractivity contribution is -0.106. The minimum Gasteiger partial charge on any atom is -0.383 e. The van der Waals surface area contributed by atoms with Gasteiger partial charge in [-0.05, 0) is 42.2 Å². The maximum Gasteiger partial charge on any atom is 0.234 e. The molecule has 0 saturated carbocycles. The lowest BCUT2D eigenvalue weighted by atomic mass is 9.95. The number of amidine groups is 1. The van der Waals surface area contributed by atoms with Crippen molar-refractivity contribution in [1.82, 2.24) is 15.0 Å². The molecule has 6 nitrogen and oxygen atoms in total. The fourth-order valence-corrected chi connectivity index (χ4v) is 2.95. The second-order valence-electron chi connectivity index (χ2n) is 6.49. The number of nitrogens with two attached hydrogens (primary N) is 1. The van der Waals surface area contributed by atoms with Crippen molar-refractivity contribution in [3.63, 3.8) is 0 Å². The Morgan fingerprint density at radius 3 is 2.61 bits per heavy atom. The minimum absolute atomic E-state index is 0.122. The normalized spacial score (nSPS) is 12.6. The molecule has 0 saturated heterocycles. The zero-order valence-electron chi connectivity index (χ0n) is 15.4. The molecule has 2 N–H and O–H groups in total. The van der Waals surface area contributed by atoms with Crippen LogP contribution < -0.4 is 5.73 Å². The lowest BCUT2D eigenvalue weighted by Crippen LogP contribution is -2.16. The summed E-state index contributed by atoms with van der Waals surface area (Å²) in [5.74, 6) is -0.00869. The van der Waals surface area contributed by atoms with Gasteiger partial charge in [0.05, 0.1) is 5.69 Å². The summed E-state index contributed by atoms with van der Waals surface area (Å²) in [6, 6.07) is 10.1. The van der Waals surface area contributed by atoms with Crippen LogP contribution >= 0.6 is 0 Å². The van der Waals surface area contributed by atoms with Gasteiger partial charge in [-0.15, -0.1) is 0 Å². The standard InChI is InChI=1S/C21H20FN5O/c1-14(15-2-4-17(22)5-3-15)8-18-9-16(21(23)26-13-28)10-19(27-18)11-20-12-24-6-7-25-20/h2-7,9-10,12-14H,8,11H2,1H3,(H2,23,26,28)/t14-/m1/s1. The van der Waals surface area contributed by atoms with Crippen LogP contribution in [0.5, 0.6) is 0 Å². The third kappa shape index (κ3) is 5.03. The van der Waals surface area contributed by atoms with E-state index in [4.69, 9.17) is 10.7 Å². The highest BCUT2D eigenvalue weighted by atomic mass is 19.1. The first kappa shape index (κ1) is 19.3. The first-order valence-electron chi connectivity index (χ1n) is 8.82. The molecule has 28 heavy (non-hydrogen) atoms. The number of halogens is 1. The van der Waals surface area contributed by atoms with E-state index >= 15 is 0 Å². The third-order valence-corrected chi connectivity index (χ3v) is 4.35. The summed E-state index contributed by atoms with van der Waals surface area (Å²) in [7, 11) is 0. The van der Waals surface area contributed by atoms with Gasteiger partial charge in [-0.2, -0.15) is 4.99 Å². The molecule has 7 heteroatoms. The second kappa shape index (κ2) is 8.94. The van der Waals surface area contributed by atoms with Crippen LogP contribution in [0.3, 0.4) is 0 Å². The Labute approximate surface area is 162 Å². The minimum atomic E-state index is -0.264. The van der Waals surface area contributed by atoms with Crippen molar-refractivity contribution < 1.29 is 9.18 Å². The fourth-order valence-electron chi connectivity index (χ4n) is 2.95. The quantitative estimate of drug-likeness (QED) is 0.388. The second-order valence-corrected chi connectivity index (χ2v) is 6.49. The Balaban J connectivity index is 1.91. The van der Waals surface area contributed by atoms with E-state index in [0.29, 0.717) is 24.8 Å². The van der Waals surface area contributed by atoms with E-state index in [1.165, 1.54) is 12.1 Å². The predicted octanol–water partition coefficient (Wildman–Crippen LogP) is 2.81. The number of amides is 1. The van der Waals surface area contributed by atoms with Crippen molar-refractivity contribution >= 4 is 12.2 Å². The van der Waals surface area contributed by atoms with Crippen LogP contribution in [0.2, 0.25) is 0 Å². The summed E-state index contributed by atoms with van der Waals surface area (Å²) in [6.45, 7) is 2.05. The summed E-state index contributed by atoms with van der Waals surface area (Å²) >= 11 is 0. The Hall–Kier alpha value is -3.48. The number of rotatable bonds is 7. The highest BCUT2D eigenvalue weighted by Crippen LogP contribution is 2.21. The van der Waals surface area contributed by atoms with E-state index in [0.717, 1.165) is 22.6 Å². The van der Waals surface area contributed by atoms with E-state index in [-0.39, 0.29) is 17.6 Å². The average Bonchev–Trinajstić information content (AvgIpc) is 2.69. The molecular weight excluding hydrogens is 357 g/mol. The lowest BCUT2D eigenvalue weighted by Gasteiger charge is -2.14. The number of benzene rings is 1. The largest absolute Gasteiger partial charge is 0.383 e. The summed E-state index contributed by atoms with van der Waals surface area (Å²) in [6.07, 6.45) is 6.43. The number of hydrogen-bond donors (Lipinski definition) is 1. The average molecular weight is 377 g/mol. The van der Waals surface area contributed by atoms with Gasteiger partial charge in [0.2, 0.25) is 6.41 Å². The molecule has 0 bridgehead atoms. The first-order chi connectivity index (χ1) is 13.5. The summed E-state index contributed by atoms with van der Waals surface area (Å²) in [4.78, 5) is 27.4. The van der Waals surface area contributed by atoms with Crippen LogP contribution in [-0.4, -0.2) is 27.2 Å². The van der Waals surface area contributed by atoms with Gasteiger partial charge in [-0.1, -0.05) is 19.1 Å². The predicted molar refractivity (Wildman–Crippen MR) is 104 cm³/mol. The Morgan fingerprint density at radius 1 is 1.18 bits per heavy atom. The maximum atomic E-state index is 13.2. The van der Waals surface area contributed by atoms with Crippen molar-refractivity contribution in [2.45, 2.75) is 25.7 Å². The fraction of sp³-hybridized carbons (Fsp3) is 0.190. The zero-order valence-corrected chi connectivity index (χ0v) is 15.4. The molecule has 1 atom stereocenters. The summed E-state index contributed by atoms with van der Waals surface area (Å²) < 4.78 is 13.2. The van der Waals surface area contributed by atoms with Crippen molar-refractivity contribution in [2.75, 3.05) is 0 Å². The van der Waals surface area contributed by atoms with E-state index in [1.807, 2.05) is 13.0 Å². The molecule has 0 fully saturated rings. The van der Waals surface area contributed by atoms with Gasteiger partial charge in [0, 0.05) is 42.0 Å². The number of pyridine rings is 1. The SMILES string of the molecule is C[C@H](Cc1cc(C(N)=NC=O)cc(Cc2cnccn2)n1)c1ccc(F)cc1. The van der Waals surface area contributed by atoms with Crippen molar-refractivity contribution in [1.29, 1.82) is 0 Å². The van der Waals surface area contributed by atoms with E-state index in [2.05, 4.69) is 15.0 Å². The van der Waals surface area contributed by atoms with Crippen molar-refractivity contribution in [3.8, 4) is 0 Å². The van der Waals surface area contributed by atoms with Crippen LogP contribution in [0.15, 0.2) is 60.0 Å². The molecule has 0 aliphatic carbocycles. The van der Waals surface area contributed by atoms with Gasteiger partial charge in [0.15, 0.2) is 0 Å². The number of nitrogens with zero attached hydrogens (tertiary/aromatic N) is 4. The highest BCUT2D eigenvalue weighted by molar-refractivity contribution is 6.00. The van der Waals surface area contributed by atoms with E-state index < -0.39 is 0 Å². The maximum absolute atomic E-state index is 13.2. The van der Waals surface area contributed by atoms with Crippen molar-refractivity contribution in [3.05, 3.63) is 89.0 Å². The molecule has 142 valence electrons. The van der Waals surface area contributed by atoms with Crippen LogP contribution in [0.4, 0.5) is 4.39 Å². The molecule has 3 aromatic rings. The van der Waals surface area contributed by atoms with Gasteiger partial charge < -0.3 is 5.73 Å². The number of aliphatic imine (C=N–C) groups is 1. The monoisotopic (exact) mass is 377 g/mol. The van der Waals surface area contributed by atoms with Crippen LogP contribution in [0.1, 0.15) is 41.1 Å². The first-order valence-corrected chi connectivity index (χ1v) is 8.82. The van der Waals surface area contributed by atoms with Gasteiger partial charge in [-0.25, -0.2) is 4.39 Å². The molecular formula is C21H20FN5O. The highest BCUT2D eigenvalue weighted by Gasteiger charge is 2.12.